The summed E-state index contributed by atoms with van der Waals surface area (Å²) in [4.78, 5) is 44.5. The van der Waals surface area contributed by atoms with E-state index in [1.54, 1.807) is 0 Å². The van der Waals surface area contributed by atoms with Crippen molar-refractivity contribution < 1.29 is 24.0 Å². The van der Waals surface area contributed by atoms with E-state index in [1.807, 2.05) is 0 Å². The fraction of sp³-hybridized carbons (Fsp3) is 0.848. The van der Waals surface area contributed by atoms with Crippen molar-refractivity contribution in [2.45, 2.75) is 119 Å². The van der Waals surface area contributed by atoms with Crippen LogP contribution in [0.4, 0.5) is 0 Å². The summed E-state index contributed by atoms with van der Waals surface area (Å²) in [6, 6.07) is 0. The van der Waals surface area contributed by atoms with Crippen molar-refractivity contribution in [3.05, 3.63) is 11.6 Å². The fourth-order valence-electron chi connectivity index (χ4n) is 11.0. The number of hydroxylamine groups is 1. The third kappa shape index (κ3) is 3.85. The number of nitrogens with one attached hydrogen (secondary N) is 1. The highest BCUT2D eigenvalue weighted by molar-refractivity contribution is 5.95. The second kappa shape index (κ2) is 8.90. The van der Waals surface area contributed by atoms with Crippen LogP contribution < -0.4 is 5.48 Å². The van der Waals surface area contributed by atoms with Gasteiger partial charge in [0.15, 0.2) is 5.78 Å². The maximum atomic E-state index is 14.5. The summed E-state index contributed by atoms with van der Waals surface area (Å²) in [5.74, 6) is 0.498. The third-order valence-electron chi connectivity index (χ3n) is 13.6. The van der Waals surface area contributed by atoms with E-state index in [2.05, 4.69) is 60.0 Å². The van der Waals surface area contributed by atoms with Crippen LogP contribution in [-0.4, -0.2) is 30.9 Å². The van der Waals surface area contributed by atoms with Crippen molar-refractivity contribution in [2.24, 2.45) is 50.2 Å². The van der Waals surface area contributed by atoms with Crippen LogP contribution in [-0.2, 0) is 24.0 Å². The normalized spacial score (nSPS) is 48.4. The van der Waals surface area contributed by atoms with Gasteiger partial charge in [-0.2, -0.15) is 0 Å². The van der Waals surface area contributed by atoms with Gasteiger partial charge in [-0.05, 0) is 97.4 Å². The van der Waals surface area contributed by atoms with E-state index in [0.29, 0.717) is 5.92 Å². The summed E-state index contributed by atoms with van der Waals surface area (Å²) in [6.07, 6.45) is 10.5. The van der Waals surface area contributed by atoms with Crippen molar-refractivity contribution in [2.75, 3.05) is 7.11 Å². The predicted octanol–water partition coefficient (Wildman–Crippen LogP) is 6.58. The van der Waals surface area contributed by atoms with E-state index in [-0.39, 0.29) is 62.7 Å². The second-order valence-corrected chi connectivity index (χ2v) is 15.8. The molecule has 0 heterocycles. The highest BCUT2D eigenvalue weighted by Gasteiger charge is 2.70. The van der Waals surface area contributed by atoms with Crippen LogP contribution in [0.15, 0.2) is 11.6 Å². The Labute approximate surface area is 235 Å². The van der Waals surface area contributed by atoms with Crippen molar-refractivity contribution in [3.8, 4) is 0 Å². The van der Waals surface area contributed by atoms with Gasteiger partial charge in [0.25, 0.3) is 0 Å². The molecule has 218 valence electrons. The third-order valence-corrected chi connectivity index (χ3v) is 13.6. The van der Waals surface area contributed by atoms with E-state index >= 15 is 0 Å². The van der Waals surface area contributed by atoms with E-state index in [0.717, 1.165) is 57.8 Å². The quantitative estimate of drug-likeness (QED) is 0.323. The first kappa shape index (κ1) is 28.8. The zero-order valence-corrected chi connectivity index (χ0v) is 25.8. The Morgan fingerprint density at radius 3 is 2.23 bits per heavy atom. The Hall–Kier alpha value is -1.69. The lowest BCUT2D eigenvalue weighted by Gasteiger charge is -2.70. The molecule has 6 heteroatoms. The van der Waals surface area contributed by atoms with Gasteiger partial charge in [-0.3, -0.25) is 19.2 Å². The number of hydrogen-bond acceptors (Lipinski definition) is 5. The maximum Gasteiger partial charge on any atom is 0.302 e. The molecule has 0 aromatic rings. The summed E-state index contributed by atoms with van der Waals surface area (Å²) in [5, 5.41) is 0. The molecule has 1 N–H and O–H groups in total. The summed E-state index contributed by atoms with van der Waals surface area (Å²) in [5.41, 5.74) is 2.95. The van der Waals surface area contributed by atoms with Gasteiger partial charge in [-0.1, -0.05) is 54.0 Å². The first-order chi connectivity index (χ1) is 18.0. The zero-order valence-electron chi connectivity index (χ0n) is 25.8. The molecule has 1 amide bonds. The number of carbonyl (C=O) groups excluding carboxylic acids is 3. The molecule has 0 aromatic heterocycles. The van der Waals surface area contributed by atoms with Crippen molar-refractivity contribution >= 4 is 17.7 Å². The average Bonchev–Trinajstić information content (AvgIpc) is 2.83. The Morgan fingerprint density at radius 2 is 1.59 bits per heavy atom. The monoisotopic (exact) mass is 541 g/mol. The van der Waals surface area contributed by atoms with Gasteiger partial charge in [0.2, 0.25) is 5.91 Å². The number of rotatable bonds is 3. The SMILES string of the molecule is CONC(=O)[C@@]1(C)CC[C@]2(C)CC[C@]3(C)C(=CC(=O)C4[C@@]5(C)CC[C@H](OC(C)=O)C(C)(C)C5CC[C@]43C)C2C1. The largest absolute Gasteiger partial charge is 0.462 e. The number of fused-ring (bicyclic) bond motifs is 7. The first-order valence-electron chi connectivity index (χ1n) is 15.3. The molecule has 5 aliphatic carbocycles. The molecule has 0 saturated heterocycles. The number of ketones is 1. The number of esters is 1. The lowest BCUT2D eigenvalue weighted by atomic mass is 9.33. The van der Waals surface area contributed by atoms with E-state index in [4.69, 9.17) is 9.57 Å². The number of ether oxygens (including phenoxy) is 1. The summed E-state index contributed by atoms with van der Waals surface area (Å²) in [7, 11) is 1.49. The van der Waals surface area contributed by atoms with Gasteiger partial charge >= 0.3 is 5.97 Å². The number of amides is 1. The molecule has 0 radical (unpaired) electrons. The van der Waals surface area contributed by atoms with E-state index in [1.165, 1.54) is 19.6 Å². The summed E-state index contributed by atoms with van der Waals surface area (Å²) in [6.45, 7) is 17.7. The minimum atomic E-state index is -0.511. The van der Waals surface area contributed by atoms with Gasteiger partial charge < -0.3 is 4.74 Å². The lowest BCUT2D eigenvalue weighted by molar-refractivity contribution is -0.210. The Balaban J connectivity index is 1.56. The van der Waals surface area contributed by atoms with E-state index in [9.17, 15) is 14.4 Å². The molecule has 6 nitrogen and oxygen atoms in total. The highest BCUT2D eigenvalue weighted by atomic mass is 16.6. The van der Waals surface area contributed by atoms with E-state index < -0.39 is 5.41 Å². The number of allylic oxidation sites excluding steroid dienone is 2. The second-order valence-electron chi connectivity index (χ2n) is 15.8. The predicted molar refractivity (Wildman–Crippen MR) is 150 cm³/mol. The topological polar surface area (TPSA) is 81.7 Å². The van der Waals surface area contributed by atoms with Crippen LogP contribution in [0.25, 0.3) is 0 Å². The minimum Gasteiger partial charge on any atom is -0.462 e. The molecule has 0 spiro atoms. The molecule has 0 aromatic carbocycles. The van der Waals surface area contributed by atoms with Crippen LogP contribution in [0.5, 0.6) is 0 Å². The summed E-state index contributed by atoms with van der Waals surface area (Å²) >= 11 is 0. The molecule has 5 aliphatic rings. The average molecular weight is 542 g/mol. The lowest BCUT2D eigenvalue weighted by Crippen LogP contribution is -2.66. The van der Waals surface area contributed by atoms with Crippen molar-refractivity contribution in [1.82, 2.24) is 5.48 Å². The molecule has 9 atom stereocenters. The van der Waals surface area contributed by atoms with Crippen LogP contribution >= 0.6 is 0 Å². The molecule has 4 fully saturated rings. The smallest absolute Gasteiger partial charge is 0.302 e. The molecular weight excluding hydrogens is 490 g/mol. The molecule has 5 rings (SSSR count). The first-order valence-corrected chi connectivity index (χ1v) is 15.3. The van der Waals surface area contributed by atoms with Gasteiger partial charge in [0.05, 0.1) is 7.11 Å². The molecule has 4 saturated carbocycles. The Kier molecular flexibility index (Phi) is 6.58. The van der Waals surface area contributed by atoms with Crippen molar-refractivity contribution in [3.63, 3.8) is 0 Å². The number of hydrogen-bond donors (Lipinski definition) is 1. The highest BCUT2D eigenvalue weighted by Crippen LogP contribution is 2.75. The maximum absolute atomic E-state index is 14.5. The zero-order chi connectivity index (χ0) is 28.8. The molecule has 0 bridgehead atoms. The standard InChI is InChI=1S/C33H51NO5/c1-20(35)39-25-11-12-31(6)24(28(25,2)3)10-13-33(8)26(31)23(36)18-21-22-19-30(5,27(37)34-38-9)15-14-29(22,4)16-17-32(21,33)7/h18,22,24-26H,10-17,19H2,1-9H3,(H,34,37)/t22?,24?,25-,26?,29+,30-,31-,32+,33+/m0/s1. The number of carbonyl (C=O) groups is 3. The van der Waals surface area contributed by atoms with Gasteiger partial charge in [0.1, 0.15) is 6.10 Å². The molecular formula is C33H51NO5. The fourth-order valence-corrected chi connectivity index (χ4v) is 11.0. The van der Waals surface area contributed by atoms with Gasteiger partial charge in [-0.25, -0.2) is 5.48 Å². The van der Waals surface area contributed by atoms with Gasteiger partial charge in [0, 0.05) is 23.7 Å². The van der Waals surface area contributed by atoms with Crippen LogP contribution in [0.3, 0.4) is 0 Å². The van der Waals surface area contributed by atoms with Crippen LogP contribution in [0.1, 0.15) is 113 Å². The molecule has 3 unspecified atom stereocenters. The Bertz CT molecular complexity index is 1110. The van der Waals surface area contributed by atoms with Crippen molar-refractivity contribution in [1.29, 1.82) is 0 Å². The Morgan fingerprint density at radius 1 is 0.923 bits per heavy atom. The van der Waals surface area contributed by atoms with Crippen LogP contribution in [0, 0.1) is 50.2 Å². The molecule has 0 aliphatic heterocycles. The minimum absolute atomic E-state index is 0.0498. The summed E-state index contributed by atoms with van der Waals surface area (Å²) < 4.78 is 5.84. The molecule has 39 heavy (non-hydrogen) atoms. The van der Waals surface area contributed by atoms with Gasteiger partial charge in [-0.15, -0.1) is 0 Å². The van der Waals surface area contributed by atoms with Crippen LogP contribution in [0.2, 0.25) is 0 Å².